The number of hydrogen-bond donors (Lipinski definition) is 1. The average molecular weight is 272 g/mol. The first-order chi connectivity index (χ1) is 9.61. The van der Waals surface area contributed by atoms with Crippen molar-refractivity contribution in [1.29, 1.82) is 5.26 Å². The van der Waals surface area contributed by atoms with Gasteiger partial charge in [-0.05, 0) is 30.3 Å². The number of nitrogens with zero attached hydrogens (tertiary/aromatic N) is 1. The van der Waals surface area contributed by atoms with E-state index in [-0.39, 0.29) is 11.1 Å². The summed E-state index contributed by atoms with van der Waals surface area (Å²) in [4.78, 5) is 11.9. The quantitative estimate of drug-likeness (QED) is 0.933. The molecule has 0 saturated carbocycles. The van der Waals surface area contributed by atoms with Crippen LogP contribution >= 0.6 is 0 Å². The van der Waals surface area contributed by atoms with E-state index in [4.69, 9.17) is 5.26 Å². The lowest BCUT2D eigenvalue weighted by Gasteiger charge is -2.12. The van der Waals surface area contributed by atoms with Gasteiger partial charge in [0, 0.05) is 11.1 Å². The number of halogens is 2. The zero-order valence-corrected chi connectivity index (χ0v) is 10.3. The van der Waals surface area contributed by atoms with E-state index in [1.807, 2.05) is 6.07 Å². The minimum Gasteiger partial charge on any atom is -0.332 e. The summed E-state index contributed by atoms with van der Waals surface area (Å²) < 4.78 is 26.3. The fourth-order valence-corrected chi connectivity index (χ4v) is 1.70. The molecule has 0 fully saturated rings. The maximum atomic E-state index is 13.6. The zero-order valence-electron chi connectivity index (χ0n) is 10.3. The maximum Gasteiger partial charge on any atom is 0.252 e. The second-order valence-electron chi connectivity index (χ2n) is 4.06. The third-order valence-corrected chi connectivity index (χ3v) is 2.73. The number of nitriles is 1. The van der Waals surface area contributed by atoms with Crippen LogP contribution in [-0.2, 0) is 0 Å². The Kier molecular flexibility index (Phi) is 4.06. The van der Waals surface area contributed by atoms with Gasteiger partial charge >= 0.3 is 0 Å². The Morgan fingerprint density at radius 2 is 1.75 bits per heavy atom. The molecule has 0 radical (unpaired) electrons. The van der Waals surface area contributed by atoms with Crippen molar-refractivity contribution in [3.05, 3.63) is 71.3 Å². The largest absolute Gasteiger partial charge is 0.332 e. The molecule has 1 unspecified atom stereocenters. The van der Waals surface area contributed by atoms with Crippen molar-refractivity contribution in [3.63, 3.8) is 0 Å². The highest BCUT2D eigenvalue weighted by atomic mass is 19.1. The topological polar surface area (TPSA) is 52.9 Å². The Labute approximate surface area is 114 Å². The highest BCUT2D eigenvalue weighted by Crippen LogP contribution is 2.16. The molecule has 0 aromatic heterocycles. The Hall–Kier alpha value is -2.74. The van der Waals surface area contributed by atoms with Crippen LogP contribution in [0.1, 0.15) is 22.0 Å². The van der Waals surface area contributed by atoms with Crippen LogP contribution in [0.15, 0.2) is 48.5 Å². The molecule has 0 spiro atoms. The molecule has 20 heavy (non-hydrogen) atoms. The minimum atomic E-state index is -1.10. The molecule has 3 nitrogen and oxygen atoms in total. The molecule has 0 bridgehead atoms. The lowest BCUT2D eigenvalue weighted by molar-refractivity contribution is 0.0944. The Balaban J connectivity index is 2.19. The SMILES string of the molecule is N#CC(NC(=O)c1ccc(F)cc1)c1ccccc1F. The van der Waals surface area contributed by atoms with E-state index in [1.165, 1.54) is 30.3 Å². The van der Waals surface area contributed by atoms with E-state index in [2.05, 4.69) is 5.32 Å². The smallest absolute Gasteiger partial charge is 0.252 e. The summed E-state index contributed by atoms with van der Waals surface area (Å²) in [6.45, 7) is 0. The van der Waals surface area contributed by atoms with Crippen molar-refractivity contribution in [2.24, 2.45) is 0 Å². The van der Waals surface area contributed by atoms with Gasteiger partial charge in [-0.2, -0.15) is 5.26 Å². The molecule has 100 valence electrons. The van der Waals surface area contributed by atoms with E-state index in [0.29, 0.717) is 0 Å². The number of amides is 1. The second-order valence-corrected chi connectivity index (χ2v) is 4.06. The van der Waals surface area contributed by atoms with E-state index in [0.717, 1.165) is 12.1 Å². The predicted octanol–water partition coefficient (Wildman–Crippen LogP) is 2.96. The molecule has 2 rings (SSSR count). The third kappa shape index (κ3) is 2.98. The van der Waals surface area contributed by atoms with Gasteiger partial charge in [0.2, 0.25) is 0 Å². The summed E-state index contributed by atoms with van der Waals surface area (Å²) in [6, 6.07) is 11.3. The molecule has 0 heterocycles. The van der Waals surface area contributed by atoms with Gasteiger partial charge in [-0.15, -0.1) is 0 Å². The molecule has 1 N–H and O–H groups in total. The Morgan fingerprint density at radius 1 is 1.10 bits per heavy atom. The molecule has 5 heteroatoms. The maximum absolute atomic E-state index is 13.6. The monoisotopic (exact) mass is 272 g/mol. The van der Waals surface area contributed by atoms with Crippen LogP contribution in [0.25, 0.3) is 0 Å². The lowest BCUT2D eigenvalue weighted by Crippen LogP contribution is -2.28. The van der Waals surface area contributed by atoms with Crippen molar-refractivity contribution < 1.29 is 13.6 Å². The summed E-state index contributed by atoms with van der Waals surface area (Å²) in [7, 11) is 0. The van der Waals surface area contributed by atoms with Gasteiger partial charge < -0.3 is 5.32 Å². The molecule has 0 saturated heterocycles. The first kappa shape index (κ1) is 13.7. The second kappa shape index (κ2) is 5.93. The standard InChI is InChI=1S/C15H10F2N2O/c16-11-7-5-10(6-8-11)15(20)19-14(9-18)12-3-1-2-4-13(12)17/h1-8,14H,(H,19,20). The molecular formula is C15H10F2N2O. The van der Waals surface area contributed by atoms with Gasteiger partial charge in [-0.1, -0.05) is 18.2 Å². The summed E-state index contributed by atoms with van der Waals surface area (Å²) in [5.74, 6) is -1.61. The highest BCUT2D eigenvalue weighted by molar-refractivity contribution is 5.94. The highest BCUT2D eigenvalue weighted by Gasteiger charge is 2.18. The number of nitrogens with one attached hydrogen (secondary N) is 1. The first-order valence-corrected chi connectivity index (χ1v) is 5.82. The fourth-order valence-electron chi connectivity index (χ4n) is 1.70. The minimum absolute atomic E-state index is 0.0884. The predicted molar refractivity (Wildman–Crippen MR) is 68.6 cm³/mol. The Bertz CT molecular complexity index is 662. The van der Waals surface area contributed by atoms with E-state index < -0.39 is 23.6 Å². The zero-order chi connectivity index (χ0) is 14.5. The van der Waals surface area contributed by atoms with Crippen molar-refractivity contribution in [3.8, 4) is 6.07 Å². The van der Waals surface area contributed by atoms with Gasteiger partial charge in [-0.3, -0.25) is 4.79 Å². The van der Waals surface area contributed by atoms with Crippen LogP contribution in [0.5, 0.6) is 0 Å². The molecule has 1 atom stereocenters. The Morgan fingerprint density at radius 3 is 2.35 bits per heavy atom. The van der Waals surface area contributed by atoms with Crippen molar-refractivity contribution in [2.75, 3.05) is 0 Å². The fraction of sp³-hybridized carbons (Fsp3) is 0.0667. The first-order valence-electron chi connectivity index (χ1n) is 5.82. The van der Waals surface area contributed by atoms with E-state index >= 15 is 0 Å². The summed E-state index contributed by atoms with van der Waals surface area (Å²) >= 11 is 0. The molecule has 0 aliphatic heterocycles. The molecule has 2 aromatic rings. The van der Waals surface area contributed by atoms with Crippen molar-refractivity contribution in [1.82, 2.24) is 5.32 Å². The van der Waals surface area contributed by atoms with Crippen LogP contribution in [0.2, 0.25) is 0 Å². The van der Waals surface area contributed by atoms with Crippen LogP contribution in [-0.4, -0.2) is 5.91 Å². The van der Waals surface area contributed by atoms with Crippen molar-refractivity contribution >= 4 is 5.91 Å². The van der Waals surface area contributed by atoms with E-state index in [9.17, 15) is 13.6 Å². The van der Waals surface area contributed by atoms with Gasteiger partial charge in [0.15, 0.2) is 0 Å². The summed E-state index contributed by atoms with van der Waals surface area (Å²) in [6.07, 6.45) is 0. The number of hydrogen-bond acceptors (Lipinski definition) is 2. The summed E-state index contributed by atoms with van der Waals surface area (Å²) in [5.41, 5.74) is 0.286. The van der Waals surface area contributed by atoms with Gasteiger partial charge in [0.1, 0.15) is 17.7 Å². The number of rotatable bonds is 3. The van der Waals surface area contributed by atoms with Crippen LogP contribution < -0.4 is 5.32 Å². The molecule has 2 aromatic carbocycles. The van der Waals surface area contributed by atoms with Gasteiger partial charge in [-0.25, -0.2) is 8.78 Å². The van der Waals surface area contributed by atoms with Gasteiger partial charge in [0.05, 0.1) is 6.07 Å². The van der Waals surface area contributed by atoms with Crippen LogP contribution in [0, 0.1) is 23.0 Å². The number of carbonyl (C=O) groups excluding carboxylic acids is 1. The number of carbonyl (C=O) groups is 1. The summed E-state index contributed by atoms with van der Waals surface area (Å²) in [5, 5.41) is 11.4. The van der Waals surface area contributed by atoms with Crippen molar-refractivity contribution in [2.45, 2.75) is 6.04 Å². The molecular weight excluding hydrogens is 262 g/mol. The molecule has 0 aliphatic rings. The lowest BCUT2D eigenvalue weighted by atomic mass is 10.1. The third-order valence-electron chi connectivity index (χ3n) is 2.73. The van der Waals surface area contributed by atoms with Crippen LogP contribution in [0.4, 0.5) is 8.78 Å². The average Bonchev–Trinajstić information content (AvgIpc) is 2.46. The molecule has 0 aliphatic carbocycles. The normalized spacial score (nSPS) is 11.4. The van der Waals surface area contributed by atoms with E-state index in [1.54, 1.807) is 6.07 Å². The number of benzene rings is 2. The van der Waals surface area contributed by atoms with Gasteiger partial charge in [0.25, 0.3) is 5.91 Å². The van der Waals surface area contributed by atoms with Crippen LogP contribution in [0.3, 0.4) is 0 Å². The molecule has 1 amide bonds.